The predicted octanol–water partition coefficient (Wildman–Crippen LogP) is 7.87. The number of benzene rings is 2. The molecule has 0 N–H and O–H groups in total. The molecule has 2 heteroatoms. The highest BCUT2D eigenvalue weighted by molar-refractivity contribution is 5.67. The molecule has 1 saturated carbocycles. The minimum absolute atomic E-state index is 0.636. The molecular formula is C31H41NO. The van der Waals surface area contributed by atoms with Gasteiger partial charge < -0.3 is 9.64 Å². The second-order valence-corrected chi connectivity index (χ2v) is 10.2. The Kier molecular flexibility index (Phi) is 7.09. The summed E-state index contributed by atoms with van der Waals surface area (Å²) in [6.07, 6.45) is 15.5. The Labute approximate surface area is 201 Å². The lowest BCUT2D eigenvalue weighted by Gasteiger charge is -2.41. The second-order valence-electron chi connectivity index (χ2n) is 10.2. The van der Waals surface area contributed by atoms with Crippen molar-refractivity contribution >= 4 is 11.8 Å². The molecule has 4 aliphatic rings. The monoisotopic (exact) mass is 443 g/mol. The fourth-order valence-corrected chi connectivity index (χ4v) is 6.96. The number of fused-ring (bicyclic) bond motifs is 2. The first-order valence-electron chi connectivity index (χ1n) is 13.6. The molecule has 6 rings (SSSR count). The highest BCUT2D eigenvalue weighted by Gasteiger charge is 2.36. The Morgan fingerprint density at radius 1 is 0.788 bits per heavy atom. The third-order valence-corrected chi connectivity index (χ3v) is 8.72. The molecule has 0 aromatic heterocycles. The van der Waals surface area contributed by atoms with E-state index in [-0.39, 0.29) is 0 Å². The van der Waals surface area contributed by atoms with Crippen LogP contribution in [0.4, 0.5) is 5.69 Å². The molecule has 0 amide bonds. The van der Waals surface area contributed by atoms with Crippen LogP contribution in [0.5, 0.6) is 5.75 Å². The molecule has 2 heterocycles. The summed E-state index contributed by atoms with van der Waals surface area (Å²) in [4.78, 5) is 2.69. The van der Waals surface area contributed by atoms with Crippen LogP contribution >= 0.6 is 0 Å². The van der Waals surface area contributed by atoms with E-state index in [4.69, 9.17) is 4.74 Å². The molecule has 2 fully saturated rings. The van der Waals surface area contributed by atoms with E-state index in [9.17, 15) is 0 Å². The molecule has 33 heavy (non-hydrogen) atoms. The lowest BCUT2D eigenvalue weighted by molar-refractivity contribution is 0.157. The molecule has 1 atom stereocenters. The van der Waals surface area contributed by atoms with Crippen molar-refractivity contribution in [1.82, 2.24) is 0 Å². The van der Waals surface area contributed by atoms with Gasteiger partial charge in [0.1, 0.15) is 5.75 Å². The molecule has 2 aliphatic heterocycles. The lowest BCUT2D eigenvalue weighted by Crippen LogP contribution is -2.38. The molecular weight excluding hydrogens is 402 g/mol. The molecule has 0 spiro atoms. The Morgan fingerprint density at radius 3 is 2.33 bits per heavy atom. The second kappa shape index (κ2) is 10.4. The van der Waals surface area contributed by atoms with Gasteiger partial charge in [-0.25, -0.2) is 0 Å². The van der Waals surface area contributed by atoms with Gasteiger partial charge in [-0.15, -0.1) is 0 Å². The molecule has 0 bridgehead atoms. The van der Waals surface area contributed by atoms with E-state index in [0.29, 0.717) is 5.92 Å². The zero-order chi connectivity index (χ0) is 22.6. The van der Waals surface area contributed by atoms with Crippen LogP contribution in [0.25, 0.3) is 6.08 Å². The fourth-order valence-electron chi connectivity index (χ4n) is 6.96. The maximum Gasteiger partial charge on any atom is 0.122 e. The summed E-state index contributed by atoms with van der Waals surface area (Å²) in [5.74, 6) is 4.48. The quantitative estimate of drug-likeness (QED) is 0.478. The van der Waals surface area contributed by atoms with Gasteiger partial charge in [0, 0.05) is 30.3 Å². The van der Waals surface area contributed by atoms with Crippen molar-refractivity contribution in [1.29, 1.82) is 0 Å². The Hall–Kier alpha value is -2.22. The largest absolute Gasteiger partial charge is 0.493 e. The van der Waals surface area contributed by atoms with E-state index in [1.165, 1.54) is 81.3 Å². The summed E-state index contributed by atoms with van der Waals surface area (Å²) in [5.41, 5.74) is 6.02. The molecule has 1 unspecified atom stereocenters. The molecule has 2 aliphatic carbocycles. The first-order chi connectivity index (χ1) is 16.4. The smallest absolute Gasteiger partial charge is 0.122 e. The van der Waals surface area contributed by atoms with Gasteiger partial charge in [-0.05, 0) is 92.4 Å². The third kappa shape index (κ3) is 4.59. The maximum atomic E-state index is 5.99. The van der Waals surface area contributed by atoms with Gasteiger partial charge >= 0.3 is 0 Å². The number of hydrogen-bond acceptors (Lipinski definition) is 2. The average molecular weight is 444 g/mol. The van der Waals surface area contributed by atoms with Crippen LogP contribution in [-0.4, -0.2) is 19.7 Å². The number of hydrogen-bond donors (Lipinski definition) is 0. The van der Waals surface area contributed by atoms with Crippen LogP contribution in [0.15, 0.2) is 48.5 Å². The Morgan fingerprint density at radius 2 is 1.52 bits per heavy atom. The number of rotatable bonds is 3. The van der Waals surface area contributed by atoms with Crippen molar-refractivity contribution in [2.75, 3.05) is 24.6 Å². The number of allylic oxidation sites excluding steroid dienone is 1. The van der Waals surface area contributed by atoms with Crippen LogP contribution in [0.1, 0.15) is 81.4 Å². The van der Waals surface area contributed by atoms with Gasteiger partial charge in [-0.1, -0.05) is 56.3 Å². The fraction of sp³-hybridized carbons (Fsp3) is 0.548. The molecule has 1 saturated heterocycles. The van der Waals surface area contributed by atoms with Crippen LogP contribution in [0.2, 0.25) is 0 Å². The first kappa shape index (κ1) is 22.6. The van der Waals surface area contributed by atoms with Gasteiger partial charge in [0.15, 0.2) is 0 Å². The van der Waals surface area contributed by atoms with Crippen molar-refractivity contribution in [3.63, 3.8) is 0 Å². The number of piperidine rings is 1. The van der Waals surface area contributed by atoms with Crippen molar-refractivity contribution in [2.45, 2.75) is 71.1 Å². The summed E-state index contributed by atoms with van der Waals surface area (Å²) in [6.45, 7) is 7.40. The molecule has 2 nitrogen and oxygen atoms in total. The highest BCUT2D eigenvalue weighted by atomic mass is 16.5. The number of ether oxygens (including phenoxy) is 1. The van der Waals surface area contributed by atoms with E-state index in [0.717, 1.165) is 30.1 Å². The van der Waals surface area contributed by atoms with Crippen molar-refractivity contribution in [3.8, 4) is 5.75 Å². The summed E-state index contributed by atoms with van der Waals surface area (Å²) >= 11 is 0. The normalized spacial score (nSPS) is 26.6. The summed E-state index contributed by atoms with van der Waals surface area (Å²) in [6, 6.07) is 15.6. The molecule has 176 valence electrons. The van der Waals surface area contributed by atoms with Gasteiger partial charge in [0.05, 0.1) is 6.61 Å². The number of anilines is 1. The van der Waals surface area contributed by atoms with Crippen molar-refractivity contribution in [3.05, 3.63) is 65.2 Å². The zero-order valence-corrected chi connectivity index (χ0v) is 20.6. The zero-order valence-electron chi connectivity index (χ0n) is 20.6. The van der Waals surface area contributed by atoms with Crippen molar-refractivity contribution in [2.24, 2.45) is 17.8 Å². The third-order valence-electron chi connectivity index (χ3n) is 8.72. The first-order valence-corrected chi connectivity index (χ1v) is 13.6. The maximum absolute atomic E-state index is 5.99. The van der Waals surface area contributed by atoms with E-state index < -0.39 is 0 Å². The summed E-state index contributed by atoms with van der Waals surface area (Å²) < 4.78 is 5.99. The molecule has 0 radical (unpaired) electrons. The van der Waals surface area contributed by atoms with Crippen LogP contribution < -0.4 is 9.64 Å². The van der Waals surface area contributed by atoms with E-state index in [2.05, 4.69) is 59.5 Å². The van der Waals surface area contributed by atoms with E-state index >= 15 is 0 Å². The summed E-state index contributed by atoms with van der Waals surface area (Å²) in [7, 11) is 0. The van der Waals surface area contributed by atoms with E-state index in [1.54, 1.807) is 5.56 Å². The number of nitrogens with zero attached hydrogens (tertiary/aromatic N) is 1. The van der Waals surface area contributed by atoms with Gasteiger partial charge in [-0.2, -0.15) is 0 Å². The van der Waals surface area contributed by atoms with Gasteiger partial charge in [0.25, 0.3) is 0 Å². The standard InChI is InChI=1S/C29H35NO.C2H6/c1-2-8-25-23(6-1)7-5-10-28(25)30-18-16-22(17-19-30)21-12-14-24(15-13-21)27-20-31-29-11-4-3-9-26(27)29;1-2/h1,3-7,9-11,21-22,24,27H,2,8,12-20H2;1-2H3. The van der Waals surface area contributed by atoms with Gasteiger partial charge in [-0.3, -0.25) is 0 Å². The minimum atomic E-state index is 0.636. The molecule has 2 aromatic carbocycles. The summed E-state index contributed by atoms with van der Waals surface area (Å²) in [5, 5.41) is 0. The van der Waals surface area contributed by atoms with Crippen LogP contribution in [0, 0.1) is 17.8 Å². The molecule has 2 aromatic rings. The van der Waals surface area contributed by atoms with Crippen LogP contribution in [0.3, 0.4) is 0 Å². The van der Waals surface area contributed by atoms with Crippen molar-refractivity contribution < 1.29 is 4.74 Å². The number of para-hydroxylation sites is 1. The Bertz CT molecular complexity index is 947. The van der Waals surface area contributed by atoms with E-state index in [1.807, 2.05) is 13.8 Å². The predicted molar refractivity (Wildman–Crippen MR) is 140 cm³/mol. The average Bonchev–Trinajstić information content (AvgIpc) is 3.34. The van der Waals surface area contributed by atoms with Crippen LogP contribution in [-0.2, 0) is 6.42 Å². The van der Waals surface area contributed by atoms with Gasteiger partial charge in [0.2, 0.25) is 0 Å². The minimum Gasteiger partial charge on any atom is -0.493 e. The highest BCUT2D eigenvalue weighted by Crippen LogP contribution is 2.47. The SMILES string of the molecule is C1=Cc2cccc(N3CCC(C4CCC(C5COc6ccccc65)CC4)CC3)c2CC1.CC. The lowest BCUT2D eigenvalue weighted by atomic mass is 9.69. The Balaban J connectivity index is 0.00000111. The topological polar surface area (TPSA) is 12.5 Å².